The van der Waals surface area contributed by atoms with Crippen molar-refractivity contribution in [3.63, 3.8) is 0 Å². The molecule has 1 aliphatic rings. The van der Waals surface area contributed by atoms with Gasteiger partial charge in [0.2, 0.25) is 17.6 Å². The van der Waals surface area contributed by atoms with Gasteiger partial charge in [-0.05, 0) is 17.9 Å². The maximum Gasteiger partial charge on any atom is 0.230 e. The van der Waals surface area contributed by atoms with Crippen molar-refractivity contribution in [1.82, 2.24) is 20.0 Å². The number of nitrogens with zero attached hydrogens (tertiary/aromatic N) is 4. The number of hydrogen-bond acceptors (Lipinski definition) is 5. The van der Waals surface area contributed by atoms with Crippen molar-refractivity contribution >= 4 is 16.7 Å². The monoisotopic (exact) mass is 308 g/mol. The van der Waals surface area contributed by atoms with E-state index in [1.54, 1.807) is 25.2 Å². The third kappa shape index (κ3) is 2.36. The van der Waals surface area contributed by atoms with Gasteiger partial charge >= 0.3 is 0 Å². The molecule has 1 fully saturated rings. The number of carbonyl (C=O) groups is 1. The second kappa shape index (κ2) is 5.15. The van der Waals surface area contributed by atoms with Gasteiger partial charge in [-0.2, -0.15) is 4.98 Å². The first-order chi connectivity index (χ1) is 11.1. The van der Waals surface area contributed by atoms with Crippen molar-refractivity contribution in [3.05, 3.63) is 42.4 Å². The van der Waals surface area contributed by atoms with E-state index in [4.69, 9.17) is 4.52 Å². The first kappa shape index (κ1) is 13.9. The second-order valence-corrected chi connectivity index (χ2v) is 6.02. The van der Waals surface area contributed by atoms with Gasteiger partial charge in [0.25, 0.3) is 0 Å². The van der Waals surface area contributed by atoms with E-state index in [9.17, 15) is 4.79 Å². The lowest BCUT2D eigenvalue weighted by Gasteiger charge is -2.08. The molecule has 2 aromatic heterocycles. The largest absolute Gasteiger partial charge is 0.349 e. The molecule has 2 heterocycles. The van der Waals surface area contributed by atoms with Gasteiger partial charge in [-0.1, -0.05) is 29.4 Å². The Hall–Kier alpha value is -2.76. The molecule has 4 rings (SSSR count). The van der Waals surface area contributed by atoms with Crippen molar-refractivity contribution in [2.45, 2.75) is 12.3 Å². The molecule has 0 saturated heterocycles. The molecule has 1 aromatic carbocycles. The normalized spacial score (nSPS) is 19.7. The van der Waals surface area contributed by atoms with Crippen molar-refractivity contribution in [1.29, 1.82) is 0 Å². The lowest BCUT2D eigenvalue weighted by Crippen LogP contribution is -2.23. The van der Waals surface area contributed by atoms with Crippen LogP contribution in [-0.4, -0.2) is 40.0 Å². The molecule has 23 heavy (non-hydrogen) atoms. The van der Waals surface area contributed by atoms with Gasteiger partial charge in [0, 0.05) is 25.7 Å². The van der Waals surface area contributed by atoms with Gasteiger partial charge in [0.1, 0.15) is 5.69 Å². The van der Waals surface area contributed by atoms with E-state index in [1.165, 1.54) is 0 Å². The molecule has 1 aliphatic carbocycles. The minimum Gasteiger partial charge on any atom is -0.349 e. The lowest BCUT2D eigenvalue weighted by molar-refractivity contribution is -0.130. The number of rotatable bonds is 3. The number of amides is 1. The number of pyridine rings is 1. The second-order valence-electron chi connectivity index (χ2n) is 6.02. The molecule has 1 saturated carbocycles. The summed E-state index contributed by atoms with van der Waals surface area (Å²) in [5.74, 6) is 1.09. The van der Waals surface area contributed by atoms with Crippen molar-refractivity contribution < 1.29 is 9.32 Å². The molecule has 3 aromatic rings. The zero-order valence-electron chi connectivity index (χ0n) is 12.9. The minimum atomic E-state index is -0.0428. The Morgan fingerprint density at radius 3 is 2.91 bits per heavy atom. The highest BCUT2D eigenvalue weighted by Crippen LogP contribution is 2.47. The van der Waals surface area contributed by atoms with Crippen LogP contribution >= 0.6 is 0 Å². The number of aromatic nitrogens is 3. The summed E-state index contributed by atoms with van der Waals surface area (Å²) in [7, 11) is 3.52. The molecule has 116 valence electrons. The van der Waals surface area contributed by atoms with Crippen LogP contribution in [0.5, 0.6) is 0 Å². The van der Waals surface area contributed by atoms with Crippen LogP contribution in [0.2, 0.25) is 0 Å². The fourth-order valence-electron chi connectivity index (χ4n) is 2.85. The highest BCUT2D eigenvalue weighted by Gasteiger charge is 2.48. The summed E-state index contributed by atoms with van der Waals surface area (Å²) >= 11 is 0. The summed E-state index contributed by atoms with van der Waals surface area (Å²) in [4.78, 5) is 22.4. The topological polar surface area (TPSA) is 72.1 Å². The molecule has 0 unspecified atom stereocenters. The third-order valence-corrected chi connectivity index (χ3v) is 4.19. The SMILES string of the molecule is CN(C)C(=O)[C@@H]1C[C@@H]1c1nc(-c2nccc3ccccc23)no1. The Labute approximate surface area is 133 Å². The minimum absolute atomic E-state index is 0.0288. The predicted molar refractivity (Wildman–Crippen MR) is 84.6 cm³/mol. The van der Waals surface area contributed by atoms with Crippen LogP contribution in [0.1, 0.15) is 18.2 Å². The molecule has 6 heteroatoms. The fourth-order valence-corrected chi connectivity index (χ4v) is 2.85. The molecule has 1 amide bonds. The fraction of sp³-hybridized carbons (Fsp3) is 0.294. The molecule has 0 aliphatic heterocycles. The van der Waals surface area contributed by atoms with E-state index in [-0.39, 0.29) is 17.7 Å². The summed E-state index contributed by atoms with van der Waals surface area (Å²) in [5, 5.41) is 6.13. The molecule has 0 spiro atoms. The Bertz CT molecular complexity index is 882. The molecular weight excluding hydrogens is 292 g/mol. The van der Waals surface area contributed by atoms with E-state index < -0.39 is 0 Å². The quantitative estimate of drug-likeness (QED) is 0.743. The Morgan fingerprint density at radius 1 is 1.26 bits per heavy atom. The van der Waals surface area contributed by atoms with Gasteiger partial charge in [-0.25, -0.2) is 0 Å². The molecule has 0 bridgehead atoms. The smallest absolute Gasteiger partial charge is 0.230 e. The number of benzene rings is 1. The van der Waals surface area contributed by atoms with E-state index >= 15 is 0 Å². The highest BCUT2D eigenvalue weighted by molar-refractivity contribution is 5.92. The van der Waals surface area contributed by atoms with Gasteiger partial charge in [0.15, 0.2) is 0 Å². The molecular formula is C17H16N4O2. The van der Waals surface area contributed by atoms with Crippen LogP contribution in [-0.2, 0) is 4.79 Å². The van der Waals surface area contributed by atoms with E-state index in [2.05, 4.69) is 15.1 Å². The predicted octanol–water partition coefficient (Wildman–Crippen LogP) is 2.48. The maximum atomic E-state index is 12.0. The Morgan fingerprint density at radius 2 is 2.09 bits per heavy atom. The number of hydrogen-bond donors (Lipinski definition) is 0. The van der Waals surface area contributed by atoms with Crippen molar-refractivity contribution in [3.8, 4) is 11.5 Å². The molecule has 2 atom stereocenters. The number of carbonyl (C=O) groups excluding carboxylic acids is 1. The molecule has 0 radical (unpaired) electrons. The van der Waals surface area contributed by atoms with Crippen LogP contribution in [0.15, 0.2) is 41.1 Å². The summed E-state index contributed by atoms with van der Waals surface area (Å²) in [6.07, 6.45) is 2.50. The van der Waals surface area contributed by atoms with E-state index in [0.29, 0.717) is 17.4 Å². The maximum absolute atomic E-state index is 12.0. The van der Waals surface area contributed by atoms with Gasteiger partial charge in [0.05, 0.1) is 11.8 Å². The van der Waals surface area contributed by atoms with Gasteiger partial charge in [-0.3, -0.25) is 9.78 Å². The van der Waals surface area contributed by atoms with Gasteiger partial charge < -0.3 is 9.42 Å². The van der Waals surface area contributed by atoms with Crippen LogP contribution in [0.25, 0.3) is 22.3 Å². The van der Waals surface area contributed by atoms with E-state index in [1.807, 2.05) is 30.3 Å². The third-order valence-electron chi connectivity index (χ3n) is 4.19. The Balaban J connectivity index is 1.65. The van der Waals surface area contributed by atoms with Crippen molar-refractivity contribution in [2.24, 2.45) is 5.92 Å². The zero-order valence-corrected chi connectivity index (χ0v) is 12.9. The van der Waals surface area contributed by atoms with E-state index in [0.717, 1.165) is 17.2 Å². The first-order valence-electron chi connectivity index (χ1n) is 7.54. The summed E-state index contributed by atoms with van der Waals surface area (Å²) in [6.45, 7) is 0. The highest BCUT2D eigenvalue weighted by atomic mass is 16.5. The summed E-state index contributed by atoms with van der Waals surface area (Å²) in [6, 6.07) is 9.90. The lowest BCUT2D eigenvalue weighted by atomic mass is 10.1. The van der Waals surface area contributed by atoms with Crippen LogP contribution in [0.4, 0.5) is 0 Å². The standard InChI is InChI=1S/C17H16N4O2/c1-21(2)17(22)13-9-12(13)16-19-15(20-23-16)14-11-6-4-3-5-10(11)7-8-18-14/h3-8,12-13H,9H2,1-2H3/t12-,13+/m0/s1. The Kier molecular flexibility index (Phi) is 3.11. The summed E-state index contributed by atoms with van der Waals surface area (Å²) < 4.78 is 5.38. The summed E-state index contributed by atoms with van der Waals surface area (Å²) in [5.41, 5.74) is 0.703. The first-order valence-corrected chi connectivity index (χ1v) is 7.54. The van der Waals surface area contributed by atoms with Gasteiger partial charge in [-0.15, -0.1) is 0 Å². The van der Waals surface area contributed by atoms with Crippen molar-refractivity contribution in [2.75, 3.05) is 14.1 Å². The average Bonchev–Trinajstić information content (AvgIpc) is 3.22. The van der Waals surface area contributed by atoms with Crippen LogP contribution < -0.4 is 0 Å². The van der Waals surface area contributed by atoms with Crippen LogP contribution in [0.3, 0.4) is 0 Å². The number of fused-ring (bicyclic) bond motifs is 1. The zero-order chi connectivity index (χ0) is 16.0. The molecule has 0 N–H and O–H groups in total. The molecule has 6 nitrogen and oxygen atoms in total. The van der Waals surface area contributed by atoms with Crippen LogP contribution in [0, 0.1) is 5.92 Å². The average molecular weight is 308 g/mol.